The molecule has 0 unspecified atom stereocenters. The summed E-state index contributed by atoms with van der Waals surface area (Å²) < 4.78 is 31.2. The van der Waals surface area contributed by atoms with Gasteiger partial charge in [-0.15, -0.1) is 0 Å². The van der Waals surface area contributed by atoms with Crippen LogP contribution in [0.4, 0.5) is 0 Å². The monoisotopic (exact) mass is 464 g/mol. The molecule has 0 amide bonds. The zero-order valence-electron chi connectivity index (χ0n) is 16.6. The van der Waals surface area contributed by atoms with Crippen LogP contribution in [0.25, 0.3) is 22.5 Å². The third-order valence-electron chi connectivity index (χ3n) is 4.67. The molecular weight excluding hydrogens is 447 g/mol. The van der Waals surface area contributed by atoms with Crippen LogP contribution in [-0.2, 0) is 24.1 Å². The van der Waals surface area contributed by atoms with Crippen LogP contribution in [0.3, 0.4) is 0 Å². The third-order valence-corrected chi connectivity index (χ3v) is 6.87. The summed E-state index contributed by atoms with van der Waals surface area (Å²) in [6, 6.07) is 5.89. The molecule has 8 nitrogen and oxygen atoms in total. The summed E-state index contributed by atoms with van der Waals surface area (Å²) >= 11 is 12.7. The molecular formula is C19H18Cl2N6O2S. The number of aryl methyl sites for hydroxylation is 4. The molecule has 0 fully saturated rings. The van der Waals surface area contributed by atoms with Crippen molar-refractivity contribution in [3.63, 3.8) is 0 Å². The van der Waals surface area contributed by atoms with E-state index in [1.165, 1.54) is 24.3 Å². The lowest BCUT2D eigenvalue weighted by Gasteiger charge is -2.09. The lowest BCUT2D eigenvalue weighted by atomic mass is 10.1. The van der Waals surface area contributed by atoms with E-state index in [2.05, 4.69) is 15.3 Å². The van der Waals surface area contributed by atoms with Gasteiger partial charge in [0.1, 0.15) is 11.4 Å². The Morgan fingerprint density at radius 1 is 0.833 bits per heavy atom. The number of rotatable bonds is 4. The first-order valence-electron chi connectivity index (χ1n) is 8.90. The minimum absolute atomic E-state index is 0.0447. The van der Waals surface area contributed by atoms with Gasteiger partial charge in [-0.2, -0.15) is 27.8 Å². The molecule has 0 aliphatic rings. The quantitative estimate of drug-likeness (QED) is 0.457. The van der Waals surface area contributed by atoms with E-state index in [1.807, 2.05) is 6.92 Å². The largest absolute Gasteiger partial charge is 0.283 e. The molecule has 0 N–H and O–H groups in total. The van der Waals surface area contributed by atoms with Gasteiger partial charge in [-0.3, -0.25) is 9.36 Å². The van der Waals surface area contributed by atoms with Gasteiger partial charge in [0.2, 0.25) is 0 Å². The van der Waals surface area contributed by atoms with Crippen LogP contribution in [0.5, 0.6) is 0 Å². The number of nitrogens with zero attached hydrogens (tertiary/aromatic N) is 6. The average molecular weight is 465 g/mol. The van der Waals surface area contributed by atoms with Gasteiger partial charge >= 0.3 is 0 Å². The Morgan fingerprint density at radius 2 is 1.37 bits per heavy atom. The predicted octanol–water partition coefficient (Wildman–Crippen LogP) is 3.84. The Hall–Kier alpha value is -2.62. The minimum Gasteiger partial charge on any atom is -0.275 e. The lowest BCUT2D eigenvalue weighted by molar-refractivity contribution is 0.581. The van der Waals surface area contributed by atoms with Crippen LogP contribution in [0.2, 0.25) is 10.0 Å². The van der Waals surface area contributed by atoms with Crippen LogP contribution in [0.1, 0.15) is 11.4 Å². The summed E-state index contributed by atoms with van der Waals surface area (Å²) in [5.41, 5.74) is 3.10. The van der Waals surface area contributed by atoms with Crippen LogP contribution in [0, 0.1) is 13.8 Å². The molecule has 1 aromatic carbocycles. The second kappa shape index (κ2) is 7.26. The van der Waals surface area contributed by atoms with Crippen molar-refractivity contribution in [3.05, 3.63) is 58.1 Å². The van der Waals surface area contributed by atoms with Crippen LogP contribution in [0.15, 0.2) is 41.6 Å². The molecule has 30 heavy (non-hydrogen) atoms. The molecule has 0 radical (unpaired) electrons. The van der Waals surface area contributed by atoms with E-state index >= 15 is 0 Å². The number of benzene rings is 1. The maximum atomic E-state index is 13.5. The summed E-state index contributed by atoms with van der Waals surface area (Å²) in [7, 11) is -0.529. The van der Waals surface area contributed by atoms with Gasteiger partial charge in [0.25, 0.3) is 10.0 Å². The number of halogens is 2. The molecule has 0 atom stereocenters. The van der Waals surface area contributed by atoms with Gasteiger partial charge in [0, 0.05) is 42.6 Å². The van der Waals surface area contributed by atoms with Gasteiger partial charge < -0.3 is 0 Å². The third kappa shape index (κ3) is 3.32. The molecule has 4 aromatic rings. The summed E-state index contributed by atoms with van der Waals surface area (Å²) in [5.74, 6) is 0. The second-order valence-corrected chi connectivity index (χ2v) is 9.50. The predicted molar refractivity (Wildman–Crippen MR) is 115 cm³/mol. The minimum atomic E-state index is -4.06. The van der Waals surface area contributed by atoms with Gasteiger partial charge in [-0.25, -0.2) is 0 Å². The van der Waals surface area contributed by atoms with E-state index < -0.39 is 10.0 Å². The van der Waals surface area contributed by atoms with E-state index in [-0.39, 0.29) is 15.6 Å². The van der Waals surface area contributed by atoms with Gasteiger partial charge in [-0.1, -0.05) is 23.2 Å². The molecule has 0 saturated carbocycles. The van der Waals surface area contributed by atoms with Gasteiger partial charge in [0.15, 0.2) is 0 Å². The topological polar surface area (TPSA) is 87.6 Å². The fraction of sp³-hybridized carbons (Fsp3) is 0.211. The van der Waals surface area contributed by atoms with Gasteiger partial charge in [-0.05, 0) is 38.1 Å². The molecule has 0 aliphatic heterocycles. The molecule has 0 spiro atoms. The second-order valence-electron chi connectivity index (χ2n) is 6.92. The standard InChI is InChI=1S/C19H18Cl2N6O2S/c1-11-15(9-25(3)22-11)18-17(21)19(16-10-26(4)23-12(16)2)27(24-18)30(28,29)14-7-5-13(20)6-8-14/h5-10H,1-4H3. The van der Waals surface area contributed by atoms with Crippen molar-refractivity contribution < 1.29 is 8.42 Å². The molecule has 4 rings (SSSR count). The van der Waals surface area contributed by atoms with E-state index in [1.54, 1.807) is 42.8 Å². The lowest BCUT2D eigenvalue weighted by Crippen LogP contribution is -2.16. The van der Waals surface area contributed by atoms with Crippen LogP contribution in [-0.4, -0.2) is 37.2 Å². The molecule has 0 bridgehead atoms. The van der Waals surface area contributed by atoms with Crippen molar-refractivity contribution in [2.24, 2.45) is 14.1 Å². The van der Waals surface area contributed by atoms with E-state index in [4.69, 9.17) is 23.2 Å². The SMILES string of the molecule is Cc1nn(C)cc1-c1nn(S(=O)(=O)c2ccc(Cl)cc2)c(-c2cn(C)nc2C)c1Cl. The number of hydrogen-bond donors (Lipinski definition) is 0. The van der Waals surface area contributed by atoms with Crippen LogP contribution < -0.4 is 0 Å². The number of aromatic nitrogens is 6. The highest BCUT2D eigenvalue weighted by molar-refractivity contribution is 7.90. The molecule has 156 valence electrons. The maximum Gasteiger partial charge on any atom is 0.283 e. The smallest absolute Gasteiger partial charge is 0.275 e. The fourth-order valence-electron chi connectivity index (χ4n) is 3.32. The van der Waals surface area contributed by atoms with Crippen molar-refractivity contribution in [2.45, 2.75) is 18.7 Å². The Balaban J connectivity index is 2.04. The van der Waals surface area contributed by atoms with Crippen molar-refractivity contribution in [1.29, 1.82) is 0 Å². The Morgan fingerprint density at radius 3 is 1.87 bits per heavy atom. The first kappa shape index (κ1) is 20.6. The summed E-state index contributed by atoms with van der Waals surface area (Å²) in [4.78, 5) is 0.0447. The highest BCUT2D eigenvalue weighted by Gasteiger charge is 2.30. The van der Waals surface area contributed by atoms with E-state index in [0.29, 0.717) is 33.2 Å². The van der Waals surface area contributed by atoms with Crippen molar-refractivity contribution in [2.75, 3.05) is 0 Å². The summed E-state index contributed by atoms with van der Waals surface area (Å²) in [6.45, 7) is 3.60. The zero-order chi connectivity index (χ0) is 21.8. The van der Waals surface area contributed by atoms with Crippen LogP contribution >= 0.6 is 23.2 Å². The van der Waals surface area contributed by atoms with E-state index in [0.717, 1.165) is 4.09 Å². The highest BCUT2D eigenvalue weighted by atomic mass is 35.5. The van der Waals surface area contributed by atoms with Gasteiger partial charge in [0.05, 0.1) is 21.3 Å². The maximum absolute atomic E-state index is 13.5. The fourth-order valence-corrected chi connectivity index (χ4v) is 5.12. The summed E-state index contributed by atoms with van der Waals surface area (Å²) in [6.07, 6.45) is 3.47. The zero-order valence-corrected chi connectivity index (χ0v) is 19.0. The normalized spacial score (nSPS) is 11.9. The Labute approximate surface area is 183 Å². The molecule has 11 heteroatoms. The summed E-state index contributed by atoms with van der Waals surface area (Å²) in [5, 5.41) is 13.7. The van der Waals surface area contributed by atoms with Crippen molar-refractivity contribution >= 4 is 33.2 Å². The Bertz CT molecular complexity index is 1370. The van der Waals surface area contributed by atoms with Crippen molar-refractivity contribution in [3.8, 4) is 22.5 Å². The Kier molecular flexibility index (Phi) is 5.00. The highest BCUT2D eigenvalue weighted by Crippen LogP contribution is 2.39. The molecule has 0 aliphatic carbocycles. The first-order chi connectivity index (χ1) is 14.1. The molecule has 3 aromatic heterocycles. The number of hydrogen-bond acceptors (Lipinski definition) is 5. The van der Waals surface area contributed by atoms with E-state index in [9.17, 15) is 8.42 Å². The van der Waals surface area contributed by atoms with Crippen molar-refractivity contribution in [1.82, 2.24) is 28.7 Å². The average Bonchev–Trinajstić information content (AvgIpc) is 3.29. The first-order valence-corrected chi connectivity index (χ1v) is 11.1. The molecule has 0 saturated heterocycles. The molecule has 3 heterocycles.